The van der Waals surface area contributed by atoms with Crippen LogP contribution < -0.4 is 5.32 Å². The number of amides is 1. The molecule has 0 radical (unpaired) electrons. The highest BCUT2D eigenvalue weighted by Crippen LogP contribution is 2.19. The average molecular weight is 317 g/mol. The van der Waals surface area contributed by atoms with Gasteiger partial charge in [-0.05, 0) is 55.0 Å². The van der Waals surface area contributed by atoms with Gasteiger partial charge in [-0.25, -0.2) is 4.39 Å². The monoisotopic (exact) mass is 317 g/mol. The van der Waals surface area contributed by atoms with Gasteiger partial charge >= 0.3 is 0 Å². The molecule has 1 atom stereocenters. The van der Waals surface area contributed by atoms with Gasteiger partial charge in [0.25, 0.3) is 5.91 Å². The third-order valence-electron chi connectivity index (χ3n) is 3.41. The van der Waals surface area contributed by atoms with E-state index in [1.165, 1.54) is 29.2 Å². The van der Waals surface area contributed by atoms with Gasteiger partial charge in [-0.2, -0.15) is 0 Å². The lowest BCUT2D eigenvalue weighted by Gasteiger charge is -2.16. The predicted molar refractivity (Wildman–Crippen MR) is 89.7 cm³/mol. The molecule has 0 fully saturated rings. The van der Waals surface area contributed by atoms with Crippen molar-refractivity contribution in [2.45, 2.75) is 30.7 Å². The molecule has 0 aromatic heterocycles. The summed E-state index contributed by atoms with van der Waals surface area (Å²) in [5.41, 5.74) is 0.496. The molecule has 2 rings (SSSR count). The van der Waals surface area contributed by atoms with Crippen molar-refractivity contribution in [3.63, 3.8) is 0 Å². The van der Waals surface area contributed by atoms with Gasteiger partial charge in [0.15, 0.2) is 0 Å². The fourth-order valence-electron chi connectivity index (χ4n) is 2.08. The zero-order valence-electron chi connectivity index (χ0n) is 12.6. The van der Waals surface area contributed by atoms with Crippen LogP contribution >= 0.6 is 11.8 Å². The SMILES string of the molecule is CC[C@@H](CCSc1ccccc1)NC(=O)c1ccc(F)cc1. The molecular weight excluding hydrogens is 297 g/mol. The number of hydrogen-bond donors (Lipinski definition) is 1. The third kappa shape index (κ3) is 5.19. The van der Waals surface area contributed by atoms with Crippen molar-refractivity contribution in [1.29, 1.82) is 0 Å². The predicted octanol–water partition coefficient (Wildman–Crippen LogP) is 4.52. The highest BCUT2D eigenvalue weighted by atomic mass is 32.2. The summed E-state index contributed by atoms with van der Waals surface area (Å²) in [4.78, 5) is 13.4. The summed E-state index contributed by atoms with van der Waals surface area (Å²) in [6.45, 7) is 2.06. The van der Waals surface area contributed by atoms with Gasteiger partial charge in [0.2, 0.25) is 0 Å². The van der Waals surface area contributed by atoms with Gasteiger partial charge in [-0.3, -0.25) is 4.79 Å². The van der Waals surface area contributed by atoms with Crippen LogP contribution in [0.1, 0.15) is 30.1 Å². The number of thioether (sulfide) groups is 1. The van der Waals surface area contributed by atoms with Crippen molar-refractivity contribution >= 4 is 17.7 Å². The van der Waals surface area contributed by atoms with Gasteiger partial charge < -0.3 is 5.32 Å². The maximum atomic E-state index is 12.9. The van der Waals surface area contributed by atoms with E-state index in [9.17, 15) is 9.18 Å². The topological polar surface area (TPSA) is 29.1 Å². The van der Waals surface area contributed by atoms with Crippen molar-refractivity contribution in [2.75, 3.05) is 5.75 Å². The van der Waals surface area contributed by atoms with E-state index in [4.69, 9.17) is 0 Å². The second kappa shape index (κ2) is 8.59. The first kappa shape index (κ1) is 16.6. The minimum Gasteiger partial charge on any atom is -0.349 e. The second-order valence-corrected chi connectivity index (χ2v) is 6.20. The molecule has 0 aliphatic carbocycles. The summed E-state index contributed by atoms with van der Waals surface area (Å²) in [5.74, 6) is 0.478. The van der Waals surface area contributed by atoms with E-state index in [0.29, 0.717) is 5.56 Å². The minimum absolute atomic E-state index is 0.133. The maximum absolute atomic E-state index is 12.9. The molecule has 116 valence electrons. The smallest absolute Gasteiger partial charge is 0.251 e. The molecule has 22 heavy (non-hydrogen) atoms. The molecule has 2 aromatic rings. The first-order valence-electron chi connectivity index (χ1n) is 7.43. The van der Waals surface area contributed by atoms with Crippen LogP contribution in [0.15, 0.2) is 59.5 Å². The molecule has 1 N–H and O–H groups in total. The quantitative estimate of drug-likeness (QED) is 0.761. The Morgan fingerprint density at radius 2 is 1.82 bits per heavy atom. The number of rotatable bonds is 7. The fraction of sp³-hybridized carbons (Fsp3) is 0.278. The number of nitrogens with one attached hydrogen (secondary N) is 1. The largest absolute Gasteiger partial charge is 0.349 e. The van der Waals surface area contributed by atoms with E-state index in [0.717, 1.165) is 18.6 Å². The number of carbonyl (C=O) groups excluding carboxylic acids is 1. The Morgan fingerprint density at radius 1 is 1.14 bits per heavy atom. The third-order valence-corrected chi connectivity index (χ3v) is 4.46. The first-order valence-corrected chi connectivity index (χ1v) is 8.42. The molecule has 0 unspecified atom stereocenters. The summed E-state index contributed by atoms with van der Waals surface area (Å²) in [7, 11) is 0. The van der Waals surface area contributed by atoms with E-state index < -0.39 is 0 Å². The molecule has 2 aromatic carbocycles. The maximum Gasteiger partial charge on any atom is 0.251 e. The first-order chi connectivity index (χ1) is 10.7. The Morgan fingerprint density at radius 3 is 2.45 bits per heavy atom. The van der Waals surface area contributed by atoms with Crippen LogP contribution in [0.5, 0.6) is 0 Å². The van der Waals surface area contributed by atoms with Crippen LogP contribution in [0.25, 0.3) is 0 Å². The van der Waals surface area contributed by atoms with Gasteiger partial charge in [-0.1, -0.05) is 25.1 Å². The van der Waals surface area contributed by atoms with E-state index in [2.05, 4.69) is 24.4 Å². The lowest BCUT2D eigenvalue weighted by molar-refractivity contribution is 0.0935. The van der Waals surface area contributed by atoms with Crippen molar-refractivity contribution in [1.82, 2.24) is 5.32 Å². The Balaban J connectivity index is 1.81. The Kier molecular flexibility index (Phi) is 6.46. The molecule has 4 heteroatoms. The van der Waals surface area contributed by atoms with Crippen molar-refractivity contribution in [2.24, 2.45) is 0 Å². The molecule has 0 saturated heterocycles. The Labute approximate surface area is 135 Å². The molecule has 0 aliphatic rings. The number of halogens is 1. The van der Waals surface area contributed by atoms with Crippen LogP contribution in [0.3, 0.4) is 0 Å². The molecule has 0 spiro atoms. The number of hydrogen-bond acceptors (Lipinski definition) is 2. The summed E-state index contributed by atoms with van der Waals surface area (Å²) in [6, 6.07) is 16.0. The van der Waals surface area contributed by atoms with Gasteiger partial charge in [0, 0.05) is 16.5 Å². The molecular formula is C18H20FNOS. The van der Waals surface area contributed by atoms with Gasteiger partial charge in [-0.15, -0.1) is 11.8 Å². The molecule has 0 bridgehead atoms. The normalized spacial score (nSPS) is 11.9. The van der Waals surface area contributed by atoms with Crippen molar-refractivity contribution in [3.8, 4) is 0 Å². The molecule has 0 saturated carbocycles. The Bertz CT molecular complexity index is 586. The summed E-state index contributed by atoms with van der Waals surface area (Å²) in [5, 5.41) is 3.01. The second-order valence-electron chi connectivity index (χ2n) is 5.04. The van der Waals surface area contributed by atoms with Crippen LogP contribution in [0.2, 0.25) is 0 Å². The molecule has 0 aliphatic heterocycles. The van der Waals surface area contributed by atoms with E-state index in [-0.39, 0.29) is 17.8 Å². The molecule has 0 heterocycles. The highest BCUT2D eigenvalue weighted by Gasteiger charge is 2.12. The molecule has 2 nitrogen and oxygen atoms in total. The minimum atomic E-state index is -0.331. The van der Waals surface area contributed by atoms with Gasteiger partial charge in [0.05, 0.1) is 0 Å². The summed E-state index contributed by atoms with van der Waals surface area (Å²) >= 11 is 1.79. The highest BCUT2D eigenvalue weighted by molar-refractivity contribution is 7.99. The Hall–Kier alpha value is -1.81. The van der Waals surface area contributed by atoms with Crippen LogP contribution in [-0.2, 0) is 0 Å². The fourth-order valence-corrected chi connectivity index (χ4v) is 3.07. The number of benzene rings is 2. The van der Waals surface area contributed by atoms with Crippen LogP contribution in [-0.4, -0.2) is 17.7 Å². The molecule has 1 amide bonds. The lowest BCUT2D eigenvalue weighted by Crippen LogP contribution is -2.34. The summed E-state index contributed by atoms with van der Waals surface area (Å²) in [6.07, 6.45) is 1.78. The van der Waals surface area contributed by atoms with Crippen LogP contribution in [0, 0.1) is 5.82 Å². The zero-order chi connectivity index (χ0) is 15.8. The van der Waals surface area contributed by atoms with E-state index in [1.54, 1.807) is 11.8 Å². The number of carbonyl (C=O) groups is 1. The van der Waals surface area contributed by atoms with E-state index >= 15 is 0 Å². The van der Waals surface area contributed by atoms with Gasteiger partial charge in [0.1, 0.15) is 5.82 Å². The lowest BCUT2D eigenvalue weighted by atomic mass is 10.1. The zero-order valence-corrected chi connectivity index (χ0v) is 13.4. The summed E-state index contributed by atoms with van der Waals surface area (Å²) < 4.78 is 12.9. The van der Waals surface area contributed by atoms with E-state index in [1.807, 2.05) is 18.2 Å². The van der Waals surface area contributed by atoms with Crippen molar-refractivity contribution in [3.05, 3.63) is 66.0 Å². The van der Waals surface area contributed by atoms with Crippen LogP contribution in [0.4, 0.5) is 4.39 Å². The standard InChI is InChI=1S/C18H20FNOS/c1-2-16(12-13-22-17-6-4-3-5-7-17)20-18(21)14-8-10-15(19)11-9-14/h3-11,16H,2,12-13H2,1H3,(H,20,21)/t16-/m0/s1. The van der Waals surface area contributed by atoms with Crippen molar-refractivity contribution < 1.29 is 9.18 Å². The average Bonchev–Trinajstić information content (AvgIpc) is 2.55.